The van der Waals surface area contributed by atoms with Crippen molar-refractivity contribution in [3.05, 3.63) is 18.0 Å². The molecule has 1 atom stereocenters. The molecule has 0 radical (unpaired) electrons. The number of aromatic nitrogens is 2. The molecule has 1 aromatic rings. The molecule has 0 bridgehead atoms. The minimum Gasteiger partial charge on any atom is -0.352 e. The maximum absolute atomic E-state index is 11.6. The molecule has 5 heteroatoms. The Labute approximate surface area is 102 Å². The van der Waals surface area contributed by atoms with Crippen LogP contribution in [0.3, 0.4) is 0 Å². The zero-order valence-electron chi connectivity index (χ0n) is 10.7. The van der Waals surface area contributed by atoms with Crippen molar-refractivity contribution >= 4 is 11.9 Å². The molecular weight excluding hydrogens is 216 g/mol. The molecule has 1 aromatic heterocycles. The molecule has 17 heavy (non-hydrogen) atoms. The van der Waals surface area contributed by atoms with Crippen molar-refractivity contribution in [2.75, 3.05) is 11.9 Å². The summed E-state index contributed by atoms with van der Waals surface area (Å²) in [6, 6.07) is 0.328. The van der Waals surface area contributed by atoms with Crippen LogP contribution in [-0.2, 0) is 0 Å². The normalized spacial score (nSPS) is 11.9. The predicted molar refractivity (Wildman–Crippen MR) is 68.0 cm³/mol. The van der Waals surface area contributed by atoms with Gasteiger partial charge in [-0.05, 0) is 19.8 Å². The van der Waals surface area contributed by atoms with Crippen LogP contribution in [0.4, 0.5) is 5.95 Å². The lowest BCUT2D eigenvalue weighted by Gasteiger charge is -2.10. The second kappa shape index (κ2) is 6.83. The van der Waals surface area contributed by atoms with Gasteiger partial charge in [0.15, 0.2) is 0 Å². The highest BCUT2D eigenvalue weighted by Crippen LogP contribution is 2.03. The van der Waals surface area contributed by atoms with Gasteiger partial charge in [-0.15, -0.1) is 0 Å². The number of carbonyl (C=O) groups excluding carboxylic acids is 1. The first kappa shape index (κ1) is 13.4. The molecule has 1 heterocycles. The highest BCUT2D eigenvalue weighted by Gasteiger charge is 2.06. The first-order valence-electron chi connectivity index (χ1n) is 6.04. The molecule has 2 N–H and O–H groups in total. The summed E-state index contributed by atoms with van der Waals surface area (Å²) in [5.41, 5.74) is 0.494. The Kier molecular flexibility index (Phi) is 5.39. The van der Waals surface area contributed by atoms with Crippen molar-refractivity contribution in [1.82, 2.24) is 15.3 Å². The van der Waals surface area contributed by atoms with Crippen LogP contribution < -0.4 is 10.6 Å². The molecule has 1 amide bonds. The highest BCUT2D eigenvalue weighted by molar-refractivity contribution is 5.93. The molecule has 0 fully saturated rings. The van der Waals surface area contributed by atoms with Crippen LogP contribution in [0.2, 0.25) is 0 Å². The second-order valence-corrected chi connectivity index (χ2v) is 4.00. The largest absolute Gasteiger partial charge is 0.352 e. The lowest BCUT2D eigenvalue weighted by atomic mass is 10.3. The number of carbonyl (C=O) groups is 1. The second-order valence-electron chi connectivity index (χ2n) is 4.00. The maximum Gasteiger partial charge on any atom is 0.254 e. The van der Waals surface area contributed by atoms with Gasteiger partial charge in [-0.2, -0.15) is 0 Å². The monoisotopic (exact) mass is 236 g/mol. The van der Waals surface area contributed by atoms with Gasteiger partial charge in [0, 0.05) is 25.0 Å². The average Bonchev–Trinajstić information content (AvgIpc) is 2.36. The van der Waals surface area contributed by atoms with Crippen molar-refractivity contribution in [1.29, 1.82) is 0 Å². The molecule has 94 valence electrons. The highest BCUT2D eigenvalue weighted by atomic mass is 16.1. The van der Waals surface area contributed by atoms with Crippen molar-refractivity contribution in [2.45, 2.75) is 39.7 Å². The number of anilines is 1. The number of hydrogen-bond donors (Lipinski definition) is 2. The van der Waals surface area contributed by atoms with Gasteiger partial charge in [0.25, 0.3) is 5.91 Å². The van der Waals surface area contributed by atoms with Gasteiger partial charge in [0.05, 0.1) is 5.56 Å². The van der Waals surface area contributed by atoms with E-state index in [1.54, 1.807) is 12.4 Å². The van der Waals surface area contributed by atoms with Crippen molar-refractivity contribution in [2.24, 2.45) is 0 Å². The fourth-order valence-electron chi connectivity index (χ4n) is 1.18. The van der Waals surface area contributed by atoms with Gasteiger partial charge in [-0.3, -0.25) is 4.79 Å². The lowest BCUT2D eigenvalue weighted by Crippen LogP contribution is -2.24. The van der Waals surface area contributed by atoms with E-state index in [1.807, 2.05) is 6.92 Å². The van der Waals surface area contributed by atoms with Crippen LogP contribution in [0.1, 0.15) is 44.0 Å². The summed E-state index contributed by atoms with van der Waals surface area (Å²) in [6.45, 7) is 6.83. The van der Waals surface area contributed by atoms with E-state index in [0.717, 1.165) is 12.8 Å². The Hall–Kier alpha value is -1.65. The molecule has 0 saturated heterocycles. The van der Waals surface area contributed by atoms with Gasteiger partial charge >= 0.3 is 0 Å². The van der Waals surface area contributed by atoms with E-state index in [2.05, 4.69) is 34.4 Å². The van der Waals surface area contributed by atoms with E-state index in [9.17, 15) is 4.79 Å². The first-order valence-corrected chi connectivity index (χ1v) is 6.04. The molecule has 0 spiro atoms. The maximum atomic E-state index is 11.6. The Balaban J connectivity index is 2.58. The number of nitrogens with one attached hydrogen (secondary N) is 2. The van der Waals surface area contributed by atoms with Crippen LogP contribution >= 0.6 is 0 Å². The zero-order valence-corrected chi connectivity index (χ0v) is 10.7. The third-order valence-electron chi connectivity index (χ3n) is 2.44. The summed E-state index contributed by atoms with van der Waals surface area (Å²) < 4.78 is 0. The molecule has 1 unspecified atom stereocenters. The molecule has 0 aliphatic heterocycles. The summed E-state index contributed by atoms with van der Waals surface area (Å²) in [6.07, 6.45) is 5.01. The van der Waals surface area contributed by atoms with Crippen LogP contribution in [-0.4, -0.2) is 28.5 Å². The van der Waals surface area contributed by atoms with Crippen LogP contribution in [0.25, 0.3) is 0 Å². The van der Waals surface area contributed by atoms with Gasteiger partial charge in [0.2, 0.25) is 5.95 Å². The van der Waals surface area contributed by atoms with Crippen molar-refractivity contribution in [3.8, 4) is 0 Å². The standard InChI is InChI=1S/C12H20N4O/c1-4-6-13-11(17)10-7-14-12(15-8-10)16-9(3)5-2/h7-9H,4-6H2,1-3H3,(H,13,17)(H,14,15,16). The van der Waals surface area contributed by atoms with Crippen LogP contribution in [0, 0.1) is 0 Å². The molecule has 0 saturated carbocycles. The SMILES string of the molecule is CCCNC(=O)c1cnc(NC(C)CC)nc1. The quantitative estimate of drug-likeness (QED) is 0.790. The molecule has 0 aromatic carbocycles. The minimum absolute atomic E-state index is 0.123. The van der Waals surface area contributed by atoms with Gasteiger partial charge in [-0.1, -0.05) is 13.8 Å². The summed E-state index contributed by atoms with van der Waals surface area (Å²) >= 11 is 0. The zero-order chi connectivity index (χ0) is 12.7. The van der Waals surface area contributed by atoms with Gasteiger partial charge < -0.3 is 10.6 Å². The van der Waals surface area contributed by atoms with Crippen LogP contribution in [0.5, 0.6) is 0 Å². The third-order valence-corrected chi connectivity index (χ3v) is 2.44. The minimum atomic E-state index is -0.123. The fraction of sp³-hybridized carbons (Fsp3) is 0.583. The Morgan fingerprint density at radius 3 is 2.53 bits per heavy atom. The Bertz CT molecular complexity index is 350. The smallest absolute Gasteiger partial charge is 0.254 e. The van der Waals surface area contributed by atoms with Gasteiger partial charge in [0.1, 0.15) is 0 Å². The molecule has 1 rings (SSSR count). The predicted octanol–water partition coefficient (Wildman–Crippen LogP) is 1.83. The molecular formula is C12H20N4O. The van der Waals surface area contributed by atoms with Crippen molar-refractivity contribution in [3.63, 3.8) is 0 Å². The number of hydrogen-bond acceptors (Lipinski definition) is 4. The molecule has 0 aliphatic carbocycles. The van der Waals surface area contributed by atoms with Gasteiger partial charge in [-0.25, -0.2) is 9.97 Å². The summed E-state index contributed by atoms with van der Waals surface area (Å²) in [4.78, 5) is 19.8. The lowest BCUT2D eigenvalue weighted by molar-refractivity contribution is 0.0953. The van der Waals surface area contributed by atoms with E-state index < -0.39 is 0 Å². The number of amides is 1. The summed E-state index contributed by atoms with van der Waals surface area (Å²) in [5, 5.41) is 5.93. The third kappa shape index (κ3) is 4.38. The summed E-state index contributed by atoms with van der Waals surface area (Å²) in [7, 11) is 0. The Morgan fingerprint density at radius 2 is 2.00 bits per heavy atom. The molecule has 0 aliphatic rings. The fourth-order valence-corrected chi connectivity index (χ4v) is 1.18. The van der Waals surface area contributed by atoms with Crippen molar-refractivity contribution < 1.29 is 4.79 Å². The van der Waals surface area contributed by atoms with E-state index in [1.165, 1.54) is 0 Å². The average molecular weight is 236 g/mol. The molecule has 5 nitrogen and oxygen atoms in total. The number of rotatable bonds is 6. The van der Waals surface area contributed by atoms with E-state index in [4.69, 9.17) is 0 Å². The van der Waals surface area contributed by atoms with E-state index in [0.29, 0.717) is 24.1 Å². The van der Waals surface area contributed by atoms with E-state index >= 15 is 0 Å². The number of nitrogens with zero attached hydrogens (tertiary/aromatic N) is 2. The topological polar surface area (TPSA) is 66.9 Å². The van der Waals surface area contributed by atoms with E-state index in [-0.39, 0.29) is 5.91 Å². The van der Waals surface area contributed by atoms with Crippen LogP contribution in [0.15, 0.2) is 12.4 Å². The Morgan fingerprint density at radius 1 is 1.35 bits per heavy atom. The summed E-state index contributed by atoms with van der Waals surface area (Å²) in [5.74, 6) is 0.438. The first-order chi connectivity index (χ1) is 8.17.